The van der Waals surface area contributed by atoms with E-state index in [2.05, 4.69) is 92.8 Å². The molecule has 5 nitrogen and oxygen atoms in total. The second-order valence-electron chi connectivity index (χ2n) is 12.3. The quantitative estimate of drug-likeness (QED) is 0.181. The predicted octanol–water partition coefficient (Wildman–Crippen LogP) is 11.5. The van der Waals surface area contributed by atoms with Crippen LogP contribution in [0.15, 0.2) is 152 Å². The van der Waals surface area contributed by atoms with Crippen molar-refractivity contribution in [1.82, 2.24) is 9.13 Å². The lowest BCUT2D eigenvalue weighted by Crippen LogP contribution is -1.99. The van der Waals surface area contributed by atoms with Crippen LogP contribution in [0.3, 0.4) is 0 Å². The van der Waals surface area contributed by atoms with Crippen LogP contribution in [0.1, 0.15) is 11.1 Å². The predicted molar refractivity (Wildman–Crippen MR) is 202 cm³/mol. The van der Waals surface area contributed by atoms with Crippen LogP contribution in [0, 0.1) is 29.2 Å². The van der Waals surface area contributed by atoms with Gasteiger partial charge in [0.1, 0.15) is 0 Å². The number of rotatable bonds is 4. The highest BCUT2D eigenvalue weighted by molar-refractivity contribution is 6.11. The molecule has 0 aliphatic carbocycles. The fourth-order valence-electron chi connectivity index (χ4n) is 7.46. The number of nitriles is 2. The molecule has 7 aromatic carbocycles. The molecular weight excluding hydrogens is 611 g/mol. The Hall–Kier alpha value is -7.39. The highest BCUT2D eigenvalue weighted by Crippen LogP contribution is 2.42. The Morgan fingerprint density at radius 2 is 1.16 bits per heavy atom. The molecule has 0 fully saturated rings. The van der Waals surface area contributed by atoms with Crippen LogP contribution in [-0.4, -0.2) is 9.13 Å². The van der Waals surface area contributed by atoms with E-state index < -0.39 is 0 Å². The monoisotopic (exact) mass is 635 g/mol. The molecule has 50 heavy (non-hydrogen) atoms. The molecule has 0 atom stereocenters. The third-order valence-corrected chi connectivity index (χ3v) is 9.62. The van der Waals surface area contributed by atoms with Gasteiger partial charge in [-0.25, -0.2) is 4.85 Å². The summed E-state index contributed by atoms with van der Waals surface area (Å²) in [6.07, 6.45) is 0. The minimum atomic E-state index is 0.588. The number of fused-ring (bicyclic) bond motifs is 6. The Balaban J connectivity index is 1.24. The van der Waals surface area contributed by atoms with Crippen molar-refractivity contribution >= 4 is 49.3 Å². The number of aromatic nitrogens is 2. The molecule has 2 heterocycles. The fraction of sp³-hybridized carbons (Fsp3) is 0. The van der Waals surface area contributed by atoms with Crippen LogP contribution >= 0.6 is 0 Å². The highest BCUT2D eigenvalue weighted by atomic mass is 15.0. The summed E-state index contributed by atoms with van der Waals surface area (Å²) in [5, 5.41) is 24.4. The molecule has 0 saturated heterocycles. The summed E-state index contributed by atoms with van der Waals surface area (Å²) >= 11 is 0. The van der Waals surface area contributed by atoms with Gasteiger partial charge in [-0.2, -0.15) is 10.5 Å². The standard InChI is InChI=1S/C45H25N5/c1-48-32-20-23-37-34-10-2-5-14-40(34)49(44(37)26-32)33-21-18-30(19-22-33)45-31(28-47)9-8-13-38(45)35-11-3-6-15-41(35)50-42-16-7-4-12-36(42)39-25-29(27-46)17-24-43(39)50/h2-26H. The Morgan fingerprint density at radius 1 is 0.500 bits per heavy atom. The van der Waals surface area contributed by atoms with Crippen molar-refractivity contribution < 1.29 is 0 Å². The molecule has 0 saturated carbocycles. The highest BCUT2D eigenvalue weighted by Gasteiger charge is 2.20. The van der Waals surface area contributed by atoms with E-state index in [-0.39, 0.29) is 0 Å². The minimum Gasteiger partial charge on any atom is -0.311 e. The van der Waals surface area contributed by atoms with Crippen molar-refractivity contribution in [2.24, 2.45) is 0 Å². The van der Waals surface area contributed by atoms with E-state index in [0.717, 1.165) is 77.2 Å². The first-order valence-corrected chi connectivity index (χ1v) is 16.3. The molecule has 9 rings (SSSR count). The van der Waals surface area contributed by atoms with Crippen LogP contribution in [-0.2, 0) is 0 Å². The van der Waals surface area contributed by atoms with Gasteiger partial charge in [0.25, 0.3) is 0 Å². The number of nitrogens with zero attached hydrogens (tertiary/aromatic N) is 5. The lowest BCUT2D eigenvalue weighted by atomic mass is 9.90. The van der Waals surface area contributed by atoms with E-state index in [0.29, 0.717) is 16.8 Å². The summed E-state index contributed by atoms with van der Waals surface area (Å²) in [6, 6.07) is 55.6. The maximum atomic E-state index is 10.4. The van der Waals surface area contributed by atoms with Crippen molar-refractivity contribution in [2.75, 3.05) is 0 Å². The fourth-order valence-corrected chi connectivity index (χ4v) is 7.46. The molecule has 0 spiro atoms. The Morgan fingerprint density at radius 3 is 1.92 bits per heavy atom. The maximum absolute atomic E-state index is 10.4. The number of benzene rings is 7. The lowest BCUT2D eigenvalue weighted by Gasteiger charge is -2.18. The van der Waals surface area contributed by atoms with E-state index in [1.54, 1.807) is 0 Å². The van der Waals surface area contributed by atoms with Crippen molar-refractivity contribution in [2.45, 2.75) is 0 Å². The Labute approximate surface area is 288 Å². The third kappa shape index (κ3) is 4.31. The first-order valence-electron chi connectivity index (χ1n) is 16.3. The van der Waals surface area contributed by atoms with Gasteiger partial charge in [-0.05, 0) is 71.8 Å². The summed E-state index contributed by atoms with van der Waals surface area (Å²) in [5.74, 6) is 0. The second-order valence-corrected chi connectivity index (χ2v) is 12.3. The van der Waals surface area contributed by atoms with Gasteiger partial charge in [-0.15, -0.1) is 0 Å². The van der Waals surface area contributed by atoms with E-state index in [1.807, 2.05) is 84.9 Å². The first kappa shape index (κ1) is 28.8. The number of hydrogen-bond donors (Lipinski definition) is 0. The molecule has 0 bridgehead atoms. The molecule has 2 aromatic heterocycles. The van der Waals surface area contributed by atoms with Crippen molar-refractivity contribution in [3.8, 4) is 45.8 Å². The second kappa shape index (κ2) is 11.4. The van der Waals surface area contributed by atoms with Gasteiger partial charge in [-0.1, -0.05) is 91.0 Å². The van der Waals surface area contributed by atoms with Gasteiger partial charge >= 0.3 is 0 Å². The molecule has 0 radical (unpaired) electrons. The zero-order valence-corrected chi connectivity index (χ0v) is 26.7. The summed E-state index contributed by atoms with van der Waals surface area (Å²) in [6.45, 7) is 7.61. The van der Waals surface area contributed by atoms with Crippen LogP contribution < -0.4 is 0 Å². The van der Waals surface area contributed by atoms with Gasteiger partial charge in [0.2, 0.25) is 0 Å². The van der Waals surface area contributed by atoms with Crippen LogP contribution in [0.4, 0.5) is 5.69 Å². The van der Waals surface area contributed by atoms with Gasteiger partial charge < -0.3 is 9.13 Å². The normalized spacial score (nSPS) is 11.1. The average molecular weight is 636 g/mol. The van der Waals surface area contributed by atoms with Crippen LogP contribution in [0.25, 0.3) is 82.1 Å². The van der Waals surface area contributed by atoms with Crippen LogP contribution in [0.2, 0.25) is 0 Å². The topological polar surface area (TPSA) is 61.8 Å². The van der Waals surface area contributed by atoms with E-state index in [9.17, 15) is 10.5 Å². The molecule has 0 aliphatic rings. The maximum Gasteiger partial charge on any atom is 0.189 e. The Kier molecular flexibility index (Phi) is 6.56. The van der Waals surface area contributed by atoms with Crippen molar-refractivity contribution in [3.63, 3.8) is 0 Å². The van der Waals surface area contributed by atoms with Crippen molar-refractivity contribution in [1.29, 1.82) is 10.5 Å². The molecule has 9 aromatic rings. The van der Waals surface area contributed by atoms with E-state index in [1.165, 1.54) is 0 Å². The largest absolute Gasteiger partial charge is 0.311 e. The molecule has 0 amide bonds. The van der Waals surface area contributed by atoms with Crippen molar-refractivity contribution in [3.05, 3.63) is 174 Å². The van der Waals surface area contributed by atoms with E-state index in [4.69, 9.17) is 6.57 Å². The molecular formula is C45H25N5. The Bertz CT molecular complexity index is 2960. The molecule has 5 heteroatoms. The third-order valence-electron chi connectivity index (χ3n) is 9.62. The lowest BCUT2D eigenvalue weighted by molar-refractivity contribution is 1.18. The number of hydrogen-bond acceptors (Lipinski definition) is 2. The molecule has 0 unspecified atom stereocenters. The molecule has 0 aliphatic heterocycles. The zero-order chi connectivity index (χ0) is 33.8. The minimum absolute atomic E-state index is 0.588. The van der Waals surface area contributed by atoms with Gasteiger partial charge in [-0.3, -0.25) is 0 Å². The SMILES string of the molecule is [C-]#[N+]c1ccc2c3ccccc3n(-c3ccc(-c4c(C#N)cccc4-c4ccccc4-n4c5ccccc5c5cc(C#N)ccc54)cc3)c2c1. The summed E-state index contributed by atoms with van der Waals surface area (Å²) in [4.78, 5) is 3.70. The molecule has 230 valence electrons. The van der Waals surface area contributed by atoms with Gasteiger partial charge in [0.05, 0.1) is 52.1 Å². The molecule has 0 N–H and O–H groups in total. The number of para-hydroxylation sites is 3. The van der Waals surface area contributed by atoms with Gasteiger partial charge in [0.15, 0.2) is 5.69 Å². The van der Waals surface area contributed by atoms with Crippen LogP contribution in [0.5, 0.6) is 0 Å². The summed E-state index contributed by atoms with van der Waals surface area (Å²) < 4.78 is 4.46. The summed E-state index contributed by atoms with van der Waals surface area (Å²) in [7, 11) is 0. The zero-order valence-electron chi connectivity index (χ0n) is 26.7. The smallest absolute Gasteiger partial charge is 0.189 e. The van der Waals surface area contributed by atoms with Gasteiger partial charge in [0, 0.05) is 43.9 Å². The average Bonchev–Trinajstić information content (AvgIpc) is 3.69. The van der Waals surface area contributed by atoms with E-state index >= 15 is 0 Å². The first-order chi connectivity index (χ1) is 24.7. The summed E-state index contributed by atoms with van der Waals surface area (Å²) in [5.41, 5.74) is 11.6.